The summed E-state index contributed by atoms with van der Waals surface area (Å²) >= 11 is 0. The molecule has 2 amide bonds. The maximum absolute atomic E-state index is 11.3. The van der Waals surface area contributed by atoms with Gasteiger partial charge in [-0.2, -0.15) is 0 Å². The predicted molar refractivity (Wildman–Crippen MR) is 60.2 cm³/mol. The van der Waals surface area contributed by atoms with Crippen molar-refractivity contribution < 1.29 is 14.7 Å². The van der Waals surface area contributed by atoms with E-state index in [0.29, 0.717) is 25.4 Å². The summed E-state index contributed by atoms with van der Waals surface area (Å²) in [7, 11) is 0. The quantitative estimate of drug-likeness (QED) is 0.600. The van der Waals surface area contributed by atoms with Gasteiger partial charge >= 0.3 is 12.0 Å². The Morgan fingerprint density at radius 1 is 1.44 bits per heavy atom. The molecule has 1 atom stereocenters. The van der Waals surface area contributed by atoms with Crippen LogP contribution in [0.3, 0.4) is 0 Å². The van der Waals surface area contributed by atoms with Crippen LogP contribution in [0.4, 0.5) is 4.79 Å². The lowest BCUT2D eigenvalue weighted by molar-refractivity contribution is -0.141. The van der Waals surface area contributed by atoms with Crippen molar-refractivity contribution in [3.8, 4) is 0 Å². The Kier molecular flexibility index (Phi) is 5.08. The standard InChI is InChI=1S/C11H20N2O3/c1-8(10(14)15)4-3-7-12-11(16)13-9-5-2-6-9/h8-9H,2-7H2,1H3,(H,14,15)(H2,12,13,16). The van der Waals surface area contributed by atoms with E-state index in [1.807, 2.05) is 0 Å². The number of urea groups is 1. The normalized spacial score (nSPS) is 17.3. The van der Waals surface area contributed by atoms with Crippen molar-refractivity contribution in [3.63, 3.8) is 0 Å². The number of carbonyl (C=O) groups excluding carboxylic acids is 1. The van der Waals surface area contributed by atoms with E-state index in [9.17, 15) is 9.59 Å². The maximum atomic E-state index is 11.3. The molecule has 1 rings (SSSR count). The van der Waals surface area contributed by atoms with Crippen LogP contribution >= 0.6 is 0 Å². The van der Waals surface area contributed by atoms with Gasteiger partial charge in [-0.15, -0.1) is 0 Å². The van der Waals surface area contributed by atoms with E-state index >= 15 is 0 Å². The SMILES string of the molecule is CC(CCCNC(=O)NC1CCC1)C(=O)O. The van der Waals surface area contributed by atoms with Gasteiger partial charge in [-0.05, 0) is 32.1 Å². The second-order valence-electron chi connectivity index (χ2n) is 4.41. The van der Waals surface area contributed by atoms with Gasteiger partial charge in [0.1, 0.15) is 0 Å². The number of carbonyl (C=O) groups is 2. The fraction of sp³-hybridized carbons (Fsp3) is 0.818. The Hall–Kier alpha value is -1.26. The molecule has 0 spiro atoms. The Morgan fingerprint density at radius 3 is 2.62 bits per heavy atom. The molecule has 0 aromatic carbocycles. The Balaban J connectivity index is 1.97. The number of carboxylic acids is 1. The van der Waals surface area contributed by atoms with Gasteiger partial charge in [-0.3, -0.25) is 4.79 Å². The van der Waals surface area contributed by atoms with Gasteiger partial charge in [0, 0.05) is 12.6 Å². The third-order valence-corrected chi connectivity index (χ3v) is 2.96. The van der Waals surface area contributed by atoms with Crippen molar-refractivity contribution in [3.05, 3.63) is 0 Å². The average Bonchev–Trinajstić information content (AvgIpc) is 2.18. The minimum atomic E-state index is -0.779. The first-order chi connectivity index (χ1) is 7.59. The molecule has 1 unspecified atom stereocenters. The molecule has 0 aromatic heterocycles. The smallest absolute Gasteiger partial charge is 0.315 e. The molecule has 5 heteroatoms. The third kappa shape index (κ3) is 4.51. The first kappa shape index (κ1) is 12.8. The molecule has 5 nitrogen and oxygen atoms in total. The largest absolute Gasteiger partial charge is 0.481 e. The zero-order valence-corrected chi connectivity index (χ0v) is 9.66. The fourth-order valence-electron chi connectivity index (χ4n) is 1.52. The Bertz CT molecular complexity index is 252. The van der Waals surface area contributed by atoms with Crippen molar-refractivity contribution in [2.45, 2.75) is 45.1 Å². The van der Waals surface area contributed by atoms with Gasteiger partial charge in [-0.25, -0.2) is 4.79 Å². The third-order valence-electron chi connectivity index (χ3n) is 2.96. The minimum absolute atomic E-state index is 0.132. The first-order valence-corrected chi connectivity index (χ1v) is 5.86. The highest BCUT2D eigenvalue weighted by Gasteiger charge is 2.18. The summed E-state index contributed by atoms with van der Waals surface area (Å²) in [6.07, 6.45) is 4.64. The molecular formula is C11H20N2O3. The van der Waals surface area contributed by atoms with Crippen molar-refractivity contribution >= 4 is 12.0 Å². The monoisotopic (exact) mass is 228 g/mol. The minimum Gasteiger partial charge on any atom is -0.481 e. The summed E-state index contributed by atoms with van der Waals surface area (Å²) in [6.45, 7) is 2.22. The molecule has 0 aromatic rings. The highest BCUT2D eigenvalue weighted by molar-refractivity contribution is 5.74. The summed E-state index contributed by atoms with van der Waals surface area (Å²) in [5.74, 6) is -1.12. The van der Waals surface area contributed by atoms with E-state index in [0.717, 1.165) is 12.8 Å². The van der Waals surface area contributed by atoms with Crippen LogP contribution in [0.1, 0.15) is 39.0 Å². The second kappa shape index (κ2) is 6.35. The van der Waals surface area contributed by atoms with Crippen LogP contribution in [-0.4, -0.2) is 29.7 Å². The molecule has 3 N–H and O–H groups in total. The van der Waals surface area contributed by atoms with Gasteiger partial charge in [0.05, 0.1) is 5.92 Å². The number of carboxylic acid groups (broad SMARTS) is 1. The molecule has 1 saturated carbocycles. The number of hydrogen-bond acceptors (Lipinski definition) is 2. The summed E-state index contributed by atoms with van der Waals surface area (Å²) in [4.78, 5) is 21.8. The van der Waals surface area contributed by atoms with Crippen molar-refractivity contribution in [2.75, 3.05) is 6.54 Å². The maximum Gasteiger partial charge on any atom is 0.315 e. The number of nitrogens with one attached hydrogen (secondary N) is 2. The van der Waals surface area contributed by atoms with E-state index in [4.69, 9.17) is 5.11 Å². The van der Waals surface area contributed by atoms with E-state index in [1.54, 1.807) is 6.92 Å². The first-order valence-electron chi connectivity index (χ1n) is 5.86. The van der Waals surface area contributed by atoms with Crippen LogP contribution in [0, 0.1) is 5.92 Å². The molecule has 1 fully saturated rings. The van der Waals surface area contributed by atoms with Gasteiger partial charge in [-0.1, -0.05) is 6.92 Å². The molecule has 0 heterocycles. The molecule has 92 valence electrons. The van der Waals surface area contributed by atoms with E-state index in [1.165, 1.54) is 6.42 Å². The van der Waals surface area contributed by atoms with Crippen LogP contribution in [0.5, 0.6) is 0 Å². The van der Waals surface area contributed by atoms with Crippen LogP contribution in [0.25, 0.3) is 0 Å². The zero-order chi connectivity index (χ0) is 12.0. The van der Waals surface area contributed by atoms with E-state index < -0.39 is 5.97 Å². The number of hydrogen-bond donors (Lipinski definition) is 3. The summed E-state index contributed by atoms with van der Waals surface area (Å²) in [5, 5.41) is 14.2. The average molecular weight is 228 g/mol. The molecule has 1 aliphatic rings. The lowest BCUT2D eigenvalue weighted by Crippen LogP contribution is -2.45. The van der Waals surface area contributed by atoms with Crippen LogP contribution in [0.2, 0.25) is 0 Å². The van der Waals surface area contributed by atoms with E-state index in [2.05, 4.69) is 10.6 Å². The summed E-state index contributed by atoms with van der Waals surface area (Å²) in [6, 6.07) is 0.214. The van der Waals surface area contributed by atoms with Gasteiger partial charge < -0.3 is 15.7 Å². The van der Waals surface area contributed by atoms with Crippen molar-refractivity contribution in [2.24, 2.45) is 5.92 Å². The molecule has 16 heavy (non-hydrogen) atoms. The van der Waals surface area contributed by atoms with Crippen molar-refractivity contribution in [1.82, 2.24) is 10.6 Å². The highest BCUT2D eigenvalue weighted by atomic mass is 16.4. The lowest BCUT2D eigenvalue weighted by atomic mass is 9.93. The molecular weight excluding hydrogens is 208 g/mol. The molecule has 0 radical (unpaired) electrons. The van der Waals surface area contributed by atoms with E-state index in [-0.39, 0.29) is 11.9 Å². The number of rotatable bonds is 6. The van der Waals surface area contributed by atoms with Crippen LogP contribution in [0.15, 0.2) is 0 Å². The predicted octanol–water partition coefficient (Wildman–Crippen LogP) is 1.34. The second-order valence-corrected chi connectivity index (χ2v) is 4.41. The number of aliphatic carboxylic acids is 1. The molecule has 0 aliphatic heterocycles. The van der Waals surface area contributed by atoms with Gasteiger partial charge in [0.15, 0.2) is 0 Å². The number of amides is 2. The van der Waals surface area contributed by atoms with Crippen LogP contribution in [-0.2, 0) is 4.79 Å². The van der Waals surface area contributed by atoms with Crippen LogP contribution < -0.4 is 10.6 Å². The summed E-state index contributed by atoms with van der Waals surface area (Å²) < 4.78 is 0. The topological polar surface area (TPSA) is 78.4 Å². The molecule has 1 aliphatic carbocycles. The van der Waals surface area contributed by atoms with Gasteiger partial charge in [0.25, 0.3) is 0 Å². The molecule has 0 bridgehead atoms. The molecule has 0 saturated heterocycles. The van der Waals surface area contributed by atoms with Gasteiger partial charge in [0.2, 0.25) is 0 Å². The Labute approximate surface area is 95.6 Å². The Morgan fingerprint density at radius 2 is 2.12 bits per heavy atom. The fourth-order valence-corrected chi connectivity index (χ4v) is 1.52. The lowest BCUT2D eigenvalue weighted by Gasteiger charge is -2.26. The highest BCUT2D eigenvalue weighted by Crippen LogP contribution is 2.17. The summed E-state index contributed by atoms with van der Waals surface area (Å²) in [5.41, 5.74) is 0. The zero-order valence-electron chi connectivity index (χ0n) is 9.66. The van der Waals surface area contributed by atoms with Crippen molar-refractivity contribution in [1.29, 1.82) is 0 Å².